The summed E-state index contributed by atoms with van der Waals surface area (Å²) in [6.07, 6.45) is -1.000. The van der Waals surface area contributed by atoms with Crippen molar-refractivity contribution in [3.05, 3.63) is 64.4 Å². The molecular formula is C20H20ClFN4O3. The zero-order chi connectivity index (χ0) is 21.7. The lowest BCUT2D eigenvalue weighted by Crippen LogP contribution is -2.41. The normalized spacial score (nSPS) is 13.3. The SMILES string of the molecule is C=C(O/C(=N\N)C(Nc1ccc(C#N)c(Cl)c1C)[C@H](C)O)c1ccc(F)c(O)c1. The van der Waals surface area contributed by atoms with E-state index in [1.807, 2.05) is 6.07 Å². The van der Waals surface area contributed by atoms with Gasteiger partial charge in [0.25, 0.3) is 0 Å². The Morgan fingerprint density at radius 3 is 2.66 bits per heavy atom. The number of halogens is 2. The highest BCUT2D eigenvalue weighted by atomic mass is 35.5. The molecule has 7 nitrogen and oxygen atoms in total. The lowest BCUT2D eigenvalue weighted by atomic mass is 10.1. The number of aliphatic hydroxyl groups is 1. The maximum atomic E-state index is 13.3. The van der Waals surface area contributed by atoms with Crippen LogP contribution in [-0.2, 0) is 4.74 Å². The largest absolute Gasteiger partial charge is 0.505 e. The Labute approximate surface area is 172 Å². The first-order valence-electron chi connectivity index (χ1n) is 8.46. The van der Waals surface area contributed by atoms with Crippen LogP contribution >= 0.6 is 11.6 Å². The summed E-state index contributed by atoms with van der Waals surface area (Å²) in [5.41, 5.74) is 1.74. The van der Waals surface area contributed by atoms with Crippen LogP contribution < -0.4 is 11.2 Å². The van der Waals surface area contributed by atoms with Gasteiger partial charge in [-0.1, -0.05) is 18.2 Å². The van der Waals surface area contributed by atoms with Gasteiger partial charge >= 0.3 is 0 Å². The number of aliphatic hydroxyl groups excluding tert-OH is 1. The molecule has 2 aromatic rings. The molecule has 0 aromatic heterocycles. The van der Waals surface area contributed by atoms with Gasteiger partial charge in [0.05, 0.1) is 16.7 Å². The third-order valence-electron chi connectivity index (χ3n) is 4.19. The summed E-state index contributed by atoms with van der Waals surface area (Å²) >= 11 is 6.19. The van der Waals surface area contributed by atoms with Crippen LogP contribution in [0.1, 0.15) is 23.6 Å². The number of hydrazone groups is 1. The van der Waals surface area contributed by atoms with E-state index in [2.05, 4.69) is 17.0 Å². The van der Waals surface area contributed by atoms with E-state index >= 15 is 0 Å². The Balaban J connectivity index is 2.28. The van der Waals surface area contributed by atoms with E-state index < -0.39 is 23.7 Å². The molecule has 0 fully saturated rings. The number of rotatable bonds is 6. The van der Waals surface area contributed by atoms with Crippen LogP contribution in [0, 0.1) is 24.1 Å². The monoisotopic (exact) mass is 418 g/mol. The molecule has 0 radical (unpaired) electrons. The van der Waals surface area contributed by atoms with E-state index in [-0.39, 0.29) is 16.7 Å². The van der Waals surface area contributed by atoms with Gasteiger partial charge in [0, 0.05) is 11.3 Å². The topological polar surface area (TPSA) is 124 Å². The molecule has 0 amide bonds. The Morgan fingerprint density at radius 2 is 2.10 bits per heavy atom. The van der Waals surface area contributed by atoms with Gasteiger partial charge in [0.2, 0.25) is 5.90 Å². The fourth-order valence-electron chi connectivity index (χ4n) is 2.53. The summed E-state index contributed by atoms with van der Waals surface area (Å²) < 4.78 is 18.8. The third kappa shape index (κ3) is 4.96. The Hall–Kier alpha value is -3.28. The summed E-state index contributed by atoms with van der Waals surface area (Å²) in [6.45, 7) is 6.94. The lowest BCUT2D eigenvalue weighted by Gasteiger charge is -2.25. The molecule has 2 rings (SSSR count). The van der Waals surface area contributed by atoms with E-state index in [1.165, 1.54) is 19.1 Å². The number of hydrogen-bond acceptors (Lipinski definition) is 7. The second kappa shape index (κ2) is 9.28. The Bertz CT molecular complexity index is 1000. The van der Waals surface area contributed by atoms with Gasteiger partial charge < -0.3 is 26.1 Å². The Morgan fingerprint density at radius 1 is 1.41 bits per heavy atom. The number of hydrogen-bond donors (Lipinski definition) is 4. The molecule has 0 saturated heterocycles. The predicted octanol–water partition coefficient (Wildman–Crippen LogP) is 3.49. The fourth-order valence-corrected chi connectivity index (χ4v) is 2.73. The molecule has 0 aliphatic heterocycles. The smallest absolute Gasteiger partial charge is 0.236 e. The molecule has 5 N–H and O–H groups in total. The van der Waals surface area contributed by atoms with Gasteiger partial charge in [-0.05, 0) is 49.7 Å². The molecule has 0 saturated carbocycles. The number of aromatic hydroxyl groups is 1. The van der Waals surface area contributed by atoms with Crippen molar-refractivity contribution in [1.82, 2.24) is 0 Å². The van der Waals surface area contributed by atoms with Crippen LogP contribution in [0.3, 0.4) is 0 Å². The van der Waals surface area contributed by atoms with Crippen molar-refractivity contribution in [2.75, 3.05) is 5.32 Å². The summed E-state index contributed by atoms with van der Waals surface area (Å²) in [4.78, 5) is 0. The molecule has 9 heteroatoms. The molecule has 0 aliphatic rings. The predicted molar refractivity (Wildman–Crippen MR) is 110 cm³/mol. The first kappa shape index (κ1) is 22.0. The summed E-state index contributed by atoms with van der Waals surface area (Å²) in [5.74, 6) is 4.03. The minimum absolute atomic E-state index is 0.0338. The highest BCUT2D eigenvalue weighted by molar-refractivity contribution is 6.32. The fraction of sp³-hybridized carbons (Fsp3) is 0.200. The molecule has 0 aliphatic carbocycles. The van der Waals surface area contributed by atoms with Crippen LogP contribution in [0.4, 0.5) is 10.1 Å². The zero-order valence-electron chi connectivity index (χ0n) is 15.8. The molecule has 152 valence electrons. The number of benzene rings is 2. The van der Waals surface area contributed by atoms with Crippen molar-refractivity contribution in [2.24, 2.45) is 10.9 Å². The Kier molecular flexibility index (Phi) is 7.04. The van der Waals surface area contributed by atoms with Gasteiger partial charge in [-0.25, -0.2) is 4.39 Å². The number of anilines is 1. The second-order valence-electron chi connectivity index (χ2n) is 6.23. The first-order chi connectivity index (χ1) is 13.7. The quantitative estimate of drug-likeness (QED) is 0.187. The van der Waals surface area contributed by atoms with Crippen LogP contribution in [0.25, 0.3) is 5.76 Å². The van der Waals surface area contributed by atoms with Crippen LogP contribution in [0.15, 0.2) is 42.0 Å². The number of ether oxygens (including phenoxy) is 1. The van der Waals surface area contributed by atoms with Gasteiger partial charge in [0.15, 0.2) is 11.6 Å². The highest BCUT2D eigenvalue weighted by Gasteiger charge is 2.26. The van der Waals surface area contributed by atoms with Gasteiger partial charge in [-0.2, -0.15) is 5.26 Å². The van der Waals surface area contributed by atoms with Gasteiger partial charge in [-0.3, -0.25) is 0 Å². The molecule has 2 aromatic carbocycles. The van der Waals surface area contributed by atoms with Crippen LogP contribution in [0.2, 0.25) is 5.02 Å². The molecule has 0 heterocycles. The van der Waals surface area contributed by atoms with Gasteiger partial charge in [-0.15, -0.1) is 5.10 Å². The van der Waals surface area contributed by atoms with E-state index in [1.54, 1.807) is 13.0 Å². The van der Waals surface area contributed by atoms with E-state index in [4.69, 9.17) is 27.4 Å². The van der Waals surface area contributed by atoms with Crippen molar-refractivity contribution in [3.8, 4) is 11.8 Å². The zero-order valence-corrected chi connectivity index (χ0v) is 16.5. The maximum absolute atomic E-state index is 13.3. The number of nitrogens with zero attached hydrogens (tertiary/aromatic N) is 2. The molecule has 0 spiro atoms. The second-order valence-corrected chi connectivity index (χ2v) is 6.61. The third-order valence-corrected chi connectivity index (χ3v) is 4.68. The molecule has 1 unspecified atom stereocenters. The number of nitrogens with two attached hydrogens (primary N) is 1. The maximum Gasteiger partial charge on any atom is 0.236 e. The molecule has 0 bridgehead atoms. The standard InChI is InChI=1S/C20H20ClFN4O3/c1-10-16(7-5-14(9-23)18(10)21)25-19(11(2)27)20(26-24)29-12(3)13-4-6-15(22)17(28)8-13/h4-8,11,19,25,27-28H,3,24H2,1-2H3/b26-20-/t11-,19?/m0/s1. The van der Waals surface area contributed by atoms with Crippen molar-refractivity contribution in [1.29, 1.82) is 5.26 Å². The van der Waals surface area contributed by atoms with E-state index in [0.717, 1.165) is 12.1 Å². The number of nitrogens with one attached hydrogen (secondary N) is 1. The molecule has 2 atom stereocenters. The van der Waals surface area contributed by atoms with E-state index in [0.29, 0.717) is 22.4 Å². The summed E-state index contributed by atoms with van der Waals surface area (Å²) in [5, 5.41) is 35.7. The van der Waals surface area contributed by atoms with Crippen molar-refractivity contribution in [2.45, 2.75) is 26.0 Å². The van der Waals surface area contributed by atoms with Crippen molar-refractivity contribution < 1.29 is 19.3 Å². The average molecular weight is 419 g/mol. The number of phenolic OH excluding ortho intramolecular Hbond substituents is 1. The molecule has 29 heavy (non-hydrogen) atoms. The summed E-state index contributed by atoms with van der Waals surface area (Å²) in [6, 6.07) is 7.83. The molecular weight excluding hydrogens is 399 g/mol. The van der Waals surface area contributed by atoms with Crippen LogP contribution in [0.5, 0.6) is 5.75 Å². The lowest BCUT2D eigenvalue weighted by molar-refractivity contribution is 0.185. The van der Waals surface area contributed by atoms with Gasteiger partial charge in [0.1, 0.15) is 17.9 Å². The highest BCUT2D eigenvalue weighted by Crippen LogP contribution is 2.28. The van der Waals surface area contributed by atoms with Crippen molar-refractivity contribution >= 4 is 28.9 Å². The minimum Gasteiger partial charge on any atom is -0.505 e. The summed E-state index contributed by atoms with van der Waals surface area (Å²) in [7, 11) is 0. The van der Waals surface area contributed by atoms with E-state index in [9.17, 15) is 14.6 Å². The van der Waals surface area contributed by atoms with Crippen LogP contribution in [-0.4, -0.2) is 28.3 Å². The first-order valence-corrected chi connectivity index (χ1v) is 8.84. The minimum atomic E-state index is -1.000. The number of phenols is 1. The van der Waals surface area contributed by atoms with Crippen molar-refractivity contribution in [3.63, 3.8) is 0 Å². The average Bonchev–Trinajstić information content (AvgIpc) is 2.69. The number of nitriles is 1.